The normalized spacial score (nSPS) is 19.7. The van der Waals surface area contributed by atoms with Gasteiger partial charge in [0.15, 0.2) is 12.6 Å². The van der Waals surface area contributed by atoms with Crippen molar-refractivity contribution in [1.29, 1.82) is 0 Å². The predicted molar refractivity (Wildman–Crippen MR) is 66.9 cm³/mol. The molecule has 4 nitrogen and oxygen atoms in total. The van der Waals surface area contributed by atoms with Crippen LogP contribution in [-0.2, 0) is 16.1 Å². The zero-order chi connectivity index (χ0) is 13.0. The van der Waals surface area contributed by atoms with Crippen LogP contribution in [0.2, 0.25) is 5.02 Å². The maximum atomic E-state index is 10.8. The van der Waals surface area contributed by atoms with Gasteiger partial charge in [-0.25, -0.2) is 0 Å². The van der Waals surface area contributed by atoms with E-state index in [4.69, 9.17) is 21.1 Å². The Kier molecular flexibility index (Phi) is 4.58. The number of aromatic hydroxyl groups is 1. The van der Waals surface area contributed by atoms with E-state index in [9.17, 15) is 9.90 Å². The number of phenolic OH excluding ortho intramolecular Hbond substituents is 1. The highest BCUT2D eigenvalue weighted by atomic mass is 35.5. The molecule has 0 radical (unpaired) electrons. The van der Waals surface area contributed by atoms with Crippen molar-refractivity contribution in [3.8, 4) is 5.75 Å². The fourth-order valence-corrected chi connectivity index (χ4v) is 2.08. The van der Waals surface area contributed by atoms with Gasteiger partial charge < -0.3 is 14.6 Å². The van der Waals surface area contributed by atoms with Crippen LogP contribution in [0.4, 0.5) is 0 Å². The van der Waals surface area contributed by atoms with E-state index in [0.29, 0.717) is 18.5 Å². The van der Waals surface area contributed by atoms with Gasteiger partial charge in [-0.1, -0.05) is 17.7 Å². The molecule has 0 spiro atoms. The van der Waals surface area contributed by atoms with Gasteiger partial charge in [-0.2, -0.15) is 0 Å². The summed E-state index contributed by atoms with van der Waals surface area (Å²) in [6, 6.07) is 3.22. The summed E-state index contributed by atoms with van der Waals surface area (Å²) in [5.41, 5.74) is 0.637. The zero-order valence-corrected chi connectivity index (χ0v) is 10.7. The molecule has 1 N–H and O–H groups in total. The maximum absolute atomic E-state index is 10.8. The fourth-order valence-electron chi connectivity index (χ4n) is 1.88. The highest BCUT2D eigenvalue weighted by Crippen LogP contribution is 2.29. The molecule has 98 valence electrons. The molecule has 1 aliphatic rings. The van der Waals surface area contributed by atoms with Crippen LogP contribution in [0.25, 0.3) is 0 Å². The minimum absolute atomic E-state index is 0.0994. The monoisotopic (exact) mass is 270 g/mol. The summed E-state index contributed by atoms with van der Waals surface area (Å²) in [6.45, 7) is 0.908. The SMILES string of the molecule is O=Cc1c(Cl)ccc(COC2CCCCO2)c1O. The van der Waals surface area contributed by atoms with Gasteiger partial charge in [0, 0.05) is 12.2 Å². The van der Waals surface area contributed by atoms with Crippen LogP contribution < -0.4 is 0 Å². The minimum atomic E-state index is -0.228. The standard InChI is InChI=1S/C13H15ClO4/c14-11-5-4-9(13(16)10(11)7-15)8-18-12-3-1-2-6-17-12/h4-5,7,12,16H,1-3,6,8H2. The Hall–Kier alpha value is -1.10. The molecule has 0 aliphatic carbocycles. The van der Waals surface area contributed by atoms with Gasteiger partial charge in [-0.05, 0) is 25.3 Å². The third-order valence-electron chi connectivity index (χ3n) is 2.93. The first kappa shape index (κ1) is 13.3. The van der Waals surface area contributed by atoms with Crippen molar-refractivity contribution in [3.05, 3.63) is 28.3 Å². The fraction of sp³-hybridized carbons (Fsp3) is 0.462. The van der Waals surface area contributed by atoms with E-state index in [-0.39, 0.29) is 29.2 Å². The van der Waals surface area contributed by atoms with Crippen molar-refractivity contribution in [2.24, 2.45) is 0 Å². The second-order valence-corrected chi connectivity index (χ2v) is 4.60. The van der Waals surface area contributed by atoms with E-state index >= 15 is 0 Å². The van der Waals surface area contributed by atoms with Crippen LogP contribution in [0.15, 0.2) is 12.1 Å². The summed E-state index contributed by atoms with van der Waals surface area (Å²) in [5, 5.41) is 10.1. The lowest BCUT2D eigenvalue weighted by Gasteiger charge is -2.23. The summed E-state index contributed by atoms with van der Waals surface area (Å²) in [7, 11) is 0. The number of carbonyl (C=O) groups excluding carboxylic acids is 1. The van der Waals surface area contributed by atoms with Crippen molar-refractivity contribution in [1.82, 2.24) is 0 Å². The first-order valence-corrected chi connectivity index (χ1v) is 6.29. The van der Waals surface area contributed by atoms with E-state index in [1.54, 1.807) is 12.1 Å². The van der Waals surface area contributed by atoms with Crippen LogP contribution in [0, 0.1) is 0 Å². The molecule has 1 saturated heterocycles. The van der Waals surface area contributed by atoms with Crippen molar-refractivity contribution < 1.29 is 19.4 Å². The van der Waals surface area contributed by atoms with Crippen molar-refractivity contribution >= 4 is 17.9 Å². The smallest absolute Gasteiger partial charge is 0.158 e. The molecule has 2 rings (SSSR count). The van der Waals surface area contributed by atoms with Gasteiger partial charge in [0.05, 0.1) is 17.2 Å². The molecule has 1 fully saturated rings. The number of carbonyl (C=O) groups is 1. The van der Waals surface area contributed by atoms with Gasteiger partial charge in [0.1, 0.15) is 5.75 Å². The summed E-state index contributed by atoms with van der Waals surface area (Å²) >= 11 is 5.79. The van der Waals surface area contributed by atoms with Crippen LogP contribution >= 0.6 is 11.6 Å². The molecule has 5 heteroatoms. The molecule has 0 amide bonds. The van der Waals surface area contributed by atoms with Crippen LogP contribution in [-0.4, -0.2) is 24.3 Å². The summed E-state index contributed by atoms with van der Waals surface area (Å²) in [4.78, 5) is 10.8. The van der Waals surface area contributed by atoms with Crippen LogP contribution in [0.1, 0.15) is 35.2 Å². The molecule has 1 aromatic rings. The summed E-state index contributed by atoms with van der Waals surface area (Å²) in [5.74, 6) is -0.117. The largest absolute Gasteiger partial charge is 0.507 e. The van der Waals surface area contributed by atoms with Crippen molar-refractivity contribution in [2.45, 2.75) is 32.2 Å². The molecule has 0 aromatic heterocycles. The second kappa shape index (κ2) is 6.18. The Labute approximate surface area is 110 Å². The van der Waals surface area contributed by atoms with E-state index in [1.807, 2.05) is 0 Å². The van der Waals surface area contributed by atoms with Crippen LogP contribution in [0.5, 0.6) is 5.75 Å². The summed E-state index contributed by atoms with van der Waals surface area (Å²) in [6.07, 6.45) is 3.30. The molecule has 18 heavy (non-hydrogen) atoms. The lowest BCUT2D eigenvalue weighted by molar-refractivity contribution is -0.169. The topological polar surface area (TPSA) is 55.8 Å². The Morgan fingerprint density at radius 2 is 2.33 bits per heavy atom. The quantitative estimate of drug-likeness (QED) is 0.855. The van der Waals surface area contributed by atoms with Crippen LogP contribution in [0.3, 0.4) is 0 Å². The van der Waals surface area contributed by atoms with E-state index < -0.39 is 0 Å². The molecule has 1 heterocycles. The Balaban J connectivity index is 2.02. The first-order chi connectivity index (χ1) is 8.72. The average molecular weight is 271 g/mol. The molecule has 0 bridgehead atoms. The van der Waals surface area contributed by atoms with E-state index in [0.717, 1.165) is 19.3 Å². The molecular formula is C13H15ClO4. The van der Waals surface area contributed by atoms with E-state index in [1.165, 1.54) is 0 Å². The third kappa shape index (κ3) is 3.02. The molecule has 1 atom stereocenters. The second-order valence-electron chi connectivity index (χ2n) is 4.19. The molecule has 1 aromatic carbocycles. The summed E-state index contributed by atoms with van der Waals surface area (Å²) < 4.78 is 11.0. The van der Waals surface area contributed by atoms with Gasteiger partial charge in [-0.3, -0.25) is 4.79 Å². The van der Waals surface area contributed by atoms with Gasteiger partial charge in [-0.15, -0.1) is 0 Å². The number of phenols is 1. The highest BCUT2D eigenvalue weighted by Gasteiger charge is 2.16. The number of benzene rings is 1. The molecule has 0 saturated carbocycles. The third-order valence-corrected chi connectivity index (χ3v) is 3.26. The maximum Gasteiger partial charge on any atom is 0.158 e. The van der Waals surface area contributed by atoms with Crippen molar-refractivity contribution in [3.63, 3.8) is 0 Å². The van der Waals surface area contributed by atoms with Crippen molar-refractivity contribution in [2.75, 3.05) is 6.61 Å². The van der Waals surface area contributed by atoms with E-state index in [2.05, 4.69) is 0 Å². The number of rotatable bonds is 4. The molecule has 1 unspecified atom stereocenters. The Morgan fingerprint density at radius 3 is 3.00 bits per heavy atom. The lowest BCUT2D eigenvalue weighted by Crippen LogP contribution is -2.22. The van der Waals surface area contributed by atoms with Gasteiger partial charge in [0.25, 0.3) is 0 Å². The Bertz CT molecular complexity index is 427. The number of aldehydes is 1. The highest BCUT2D eigenvalue weighted by molar-refractivity contribution is 6.33. The van der Waals surface area contributed by atoms with Gasteiger partial charge in [0.2, 0.25) is 0 Å². The molecule has 1 aliphatic heterocycles. The Morgan fingerprint density at radius 1 is 1.50 bits per heavy atom. The average Bonchev–Trinajstić information content (AvgIpc) is 2.40. The lowest BCUT2D eigenvalue weighted by atomic mass is 10.1. The number of hydrogen-bond acceptors (Lipinski definition) is 4. The number of hydrogen-bond donors (Lipinski definition) is 1. The predicted octanol–water partition coefficient (Wildman–Crippen LogP) is 2.90. The number of ether oxygens (including phenoxy) is 2. The van der Waals surface area contributed by atoms with Gasteiger partial charge >= 0.3 is 0 Å². The first-order valence-electron chi connectivity index (χ1n) is 5.91. The number of halogens is 1. The zero-order valence-electron chi connectivity index (χ0n) is 9.89. The minimum Gasteiger partial charge on any atom is -0.507 e. The molecular weight excluding hydrogens is 256 g/mol.